The summed E-state index contributed by atoms with van der Waals surface area (Å²) in [7, 11) is 0. The highest BCUT2D eigenvalue weighted by Gasteiger charge is 2.13. The van der Waals surface area contributed by atoms with Crippen molar-refractivity contribution in [3.05, 3.63) is 49.7 Å². The lowest BCUT2D eigenvalue weighted by Gasteiger charge is -2.12. The maximum atomic E-state index is 11.9. The second-order valence-corrected chi connectivity index (χ2v) is 4.45. The van der Waals surface area contributed by atoms with Crippen LogP contribution < -0.4 is 5.32 Å². The third kappa shape index (κ3) is 4.25. The number of hydrogen-bond acceptors (Lipinski definition) is 4. The summed E-state index contributed by atoms with van der Waals surface area (Å²) in [6, 6.07) is 3.59. The first kappa shape index (κ1) is 14.9. The van der Waals surface area contributed by atoms with Crippen LogP contribution in [0.25, 0.3) is 5.82 Å². The number of aromatic nitrogens is 3. The van der Waals surface area contributed by atoms with Gasteiger partial charge in [-0.2, -0.15) is 0 Å². The second kappa shape index (κ2) is 7.35. The van der Waals surface area contributed by atoms with E-state index in [1.165, 1.54) is 0 Å². The van der Waals surface area contributed by atoms with Gasteiger partial charge in [-0.05, 0) is 25.5 Å². The number of hydrogen-bond donors (Lipinski definition) is 1. The van der Waals surface area contributed by atoms with Crippen molar-refractivity contribution >= 4 is 11.6 Å². The molecular weight excluding hydrogens is 268 g/mol. The molecule has 2 aromatic heterocycles. The topological polar surface area (TPSA) is 69.0 Å². The molecule has 0 bridgehead atoms. The molecule has 2 heterocycles. The van der Waals surface area contributed by atoms with Crippen LogP contribution in [-0.2, 0) is 9.53 Å². The van der Waals surface area contributed by atoms with E-state index in [0.29, 0.717) is 12.3 Å². The quantitative estimate of drug-likeness (QED) is 0.625. The number of carbonyl (C=O) groups excluding carboxylic acids is 1. The van der Waals surface area contributed by atoms with Gasteiger partial charge in [0.15, 0.2) is 0 Å². The molecule has 6 nitrogen and oxygen atoms in total. The van der Waals surface area contributed by atoms with E-state index in [9.17, 15) is 4.79 Å². The average molecular weight is 286 g/mol. The molecule has 0 saturated heterocycles. The predicted molar refractivity (Wildman–Crippen MR) is 80.2 cm³/mol. The summed E-state index contributed by atoms with van der Waals surface area (Å²) in [6.45, 7) is 5.80. The molecular formula is C15H18N4O2. The van der Waals surface area contributed by atoms with Gasteiger partial charge in [-0.15, -0.1) is 6.58 Å². The number of imidazole rings is 1. The molecule has 1 atom stereocenters. The van der Waals surface area contributed by atoms with Crippen LogP contribution in [0.4, 0.5) is 5.69 Å². The number of ether oxygens (including phenoxy) is 1. The largest absolute Gasteiger partial charge is 0.368 e. The maximum absolute atomic E-state index is 11.9. The summed E-state index contributed by atoms with van der Waals surface area (Å²) >= 11 is 0. The minimum absolute atomic E-state index is 0.198. The molecule has 0 aromatic carbocycles. The Kier molecular flexibility index (Phi) is 5.22. The van der Waals surface area contributed by atoms with Crippen molar-refractivity contribution in [2.24, 2.45) is 0 Å². The highest BCUT2D eigenvalue weighted by atomic mass is 16.5. The molecule has 6 heteroatoms. The molecule has 2 rings (SSSR count). The number of carbonyl (C=O) groups is 1. The van der Waals surface area contributed by atoms with Crippen molar-refractivity contribution in [3.8, 4) is 5.82 Å². The van der Waals surface area contributed by atoms with Gasteiger partial charge >= 0.3 is 0 Å². The Bertz CT molecular complexity index is 578. The minimum Gasteiger partial charge on any atom is -0.368 e. The van der Waals surface area contributed by atoms with Crippen LogP contribution in [0.5, 0.6) is 0 Å². The summed E-state index contributed by atoms with van der Waals surface area (Å²) < 4.78 is 7.17. The van der Waals surface area contributed by atoms with Crippen LogP contribution in [0.2, 0.25) is 0 Å². The summed E-state index contributed by atoms with van der Waals surface area (Å²) in [6.07, 6.45) is 8.70. The van der Waals surface area contributed by atoms with Crippen molar-refractivity contribution in [2.75, 3.05) is 11.9 Å². The van der Waals surface area contributed by atoms with E-state index in [-0.39, 0.29) is 5.91 Å². The normalized spacial score (nSPS) is 11.9. The van der Waals surface area contributed by atoms with Gasteiger partial charge in [0.25, 0.3) is 5.91 Å². The monoisotopic (exact) mass is 286 g/mol. The first-order valence-electron chi connectivity index (χ1n) is 6.68. The Morgan fingerprint density at radius 1 is 1.57 bits per heavy atom. The Morgan fingerprint density at radius 3 is 3.05 bits per heavy atom. The molecule has 1 unspecified atom stereocenters. The Balaban J connectivity index is 1.90. The number of nitrogens with zero attached hydrogens (tertiary/aromatic N) is 3. The van der Waals surface area contributed by atoms with E-state index in [2.05, 4.69) is 21.9 Å². The summed E-state index contributed by atoms with van der Waals surface area (Å²) in [5, 5.41) is 2.76. The number of pyridine rings is 1. The fourth-order valence-corrected chi connectivity index (χ4v) is 1.66. The average Bonchev–Trinajstić information content (AvgIpc) is 3.02. The Hall–Kier alpha value is -2.47. The summed E-state index contributed by atoms with van der Waals surface area (Å²) in [5.74, 6) is 0.539. The van der Waals surface area contributed by atoms with Crippen molar-refractivity contribution in [1.29, 1.82) is 0 Å². The molecule has 0 aliphatic heterocycles. The Labute approximate surface area is 123 Å². The molecule has 1 N–H and O–H groups in total. The van der Waals surface area contributed by atoms with Gasteiger partial charge in [0.1, 0.15) is 18.2 Å². The number of amides is 1. The fraction of sp³-hybridized carbons (Fsp3) is 0.267. The van der Waals surface area contributed by atoms with Gasteiger partial charge in [0.2, 0.25) is 0 Å². The Morgan fingerprint density at radius 2 is 2.43 bits per heavy atom. The van der Waals surface area contributed by atoms with Crippen molar-refractivity contribution < 1.29 is 9.53 Å². The van der Waals surface area contributed by atoms with E-state index >= 15 is 0 Å². The van der Waals surface area contributed by atoms with Crippen molar-refractivity contribution in [2.45, 2.75) is 19.4 Å². The van der Waals surface area contributed by atoms with Crippen molar-refractivity contribution in [1.82, 2.24) is 14.5 Å². The smallest absolute Gasteiger partial charge is 0.253 e. The molecule has 0 aliphatic carbocycles. The van der Waals surface area contributed by atoms with Crippen molar-refractivity contribution in [3.63, 3.8) is 0 Å². The lowest BCUT2D eigenvalue weighted by molar-refractivity contribution is -0.126. The lowest BCUT2D eigenvalue weighted by atomic mass is 10.3. The van der Waals surface area contributed by atoms with E-state index in [1.807, 2.05) is 0 Å². The number of rotatable bonds is 7. The van der Waals surface area contributed by atoms with Crippen LogP contribution >= 0.6 is 0 Å². The second-order valence-electron chi connectivity index (χ2n) is 4.45. The van der Waals surface area contributed by atoms with Crippen LogP contribution in [0, 0.1) is 0 Å². The standard InChI is InChI=1S/C15H18N4O2/c1-3-4-9-21-12(2)15(20)18-13-5-6-14(17-10-13)19-8-7-16-11-19/h3,5-8,10-12H,1,4,9H2,2H3,(H,18,20). The van der Waals surface area contributed by atoms with Crippen LogP contribution in [0.3, 0.4) is 0 Å². The highest BCUT2D eigenvalue weighted by Crippen LogP contribution is 2.10. The molecule has 0 fully saturated rings. The van der Waals surface area contributed by atoms with Gasteiger partial charge in [-0.25, -0.2) is 9.97 Å². The minimum atomic E-state index is -0.515. The molecule has 0 saturated carbocycles. The fourth-order valence-electron chi connectivity index (χ4n) is 1.66. The maximum Gasteiger partial charge on any atom is 0.253 e. The SMILES string of the molecule is C=CCCOC(C)C(=O)Nc1ccc(-n2ccnc2)nc1. The highest BCUT2D eigenvalue weighted by molar-refractivity contribution is 5.93. The van der Waals surface area contributed by atoms with Crippen LogP contribution in [0.15, 0.2) is 49.7 Å². The molecule has 21 heavy (non-hydrogen) atoms. The van der Waals surface area contributed by atoms with Crippen LogP contribution in [0.1, 0.15) is 13.3 Å². The van der Waals surface area contributed by atoms with E-state index in [1.54, 1.807) is 54.6 Å². The van der Waals surface area contributed by atoms with E-state index in [4.69, 9.17) is 4.74 Å². The molecule has 1 amide bonds. The van der Waals surface area contributed by atoms with Crippen LogP contribution in [-0.4, -0.2) is 33.2 Å². The van der Waals surface area contributed by atoms with E-state index < -0.39 is 6.10 Å². The zero-order valence-corrected chi connectivity index (χ0v) is 11.9. The van der Waals surface area contributed by atoms with Gasteiger partial charge in [0.05, 0.1) is 18.5 Å². The predicted octanol–water partition coefficient (Wildman–Crippen LogP) is 2.19. The molecule has 0 aliphatic rings. The van der Waals surface area contributed by atoms with Gasteiger partial charge < -0.3 is 10.1 Å². The third-order valence-corrected chi connectivity index (χ3v) is 2.84. The molecule has 0 radical (unpaired) electrons. The first-order valence-corrected chi connectivity index (χ1v) is 6.68. The summed E-state index contributed by atoms with van der Waals surface area (Å²) in [4.78, 5) is 20.1. The first-order chi connectivity index (χ1) is 10.2. The zero-order valence-electron chi connectivity index (χ0n) is 11.9. The van der Waals surface area contributed by atoms with Gasteiger partial charge in [0, 0.05) is 12.4 Å². The third-order valence-electron chi connectivity index (χ3n) is 2.84. The molecule has 110 valence electrons. The zero-order chi connectivity index (χ0) is 15.1. The van der Waals surface area contributed by atoms with Gasteiger partial charge in [-0.1, -0.05) is 6.08 Å². The lowest BCUT2D eigenvalue weighted by Crippen LogP contribution is -2.28. The summed E-state index contributed by atoms with van der Waals surface area (Å²) in [5.41, 5.74) is 0.628. The number of nitrogens with one attached hydrogen (secondary N) is 1. The number of anilines is 1. The van der Waals surface area contributed by atoms with Gasteiger partial charge in [-0.3, -0.25) is 9.36 Å². The molecule has 0 spiro atoms. The molecule has 2 aromatic rings. The van der Waals surface area contributed by atoms with E-state index in [0.717, 1.165) is 12.2 Å².